The number of aromatic carboxylic acids is 1. The number of nitro benzene ring substituents is 1. The third-order valence-electron chi connectivity index (χ3n) is 2.74. The van der Waals surface area contributed by atoms with Crippen molar-refractivity contribution >= 4 is 11.7 Å². The molecule has 2 rings (SSSR count). The zero-order chi connectivity index (χ0) is 15.4. The maximum atomic E-state index is 11.2. The van der Waals surface area contributed by atoms with Crippen LogP contribution in [0, 0.1) is 10.1 Å². The first-order valence-electron chi connectivity index (χ1n) is 5.90. The van der Waals surface area contributed by atoms with E-state index in [1.807, 2.05) is 0 Å². The van der Waals surface area contributed by atoms with Crippen LogP contribution in [-0.4, -0.2) is 21.1 Å². The molecule has 0 heterocycles. The van der Waals surface area contributed by atoms with Crippen molar-refractivity contribution in [2.24, 2.45) is 0 Å². The van der Waals surface area contributed by atoms with Crippen LogP contribution in [0.25, 0.3) is 0 Å². The van der Waals surface area contributed by atoms with Gasteiger partial charge in [-0.15, -0.1) is 0 Å². The number of hydrogen-bond donors (Lipinski definition) is 2. The highest BCUT2D eigenvalue weighted by Crippen LogP contribution is 2.29. The highest BCUT2D eigenvalue weighted by atomic mass is 16.6. The van der Waals surface area contributed by atoms with E-state index in [-0.39, 0.29) is 23.6 Å². The van der Waals surface area contributed by atoms with Crippen molar-refractivity contribution in [3.63, 3.8) is 0 Å². The number of aliphatic hydroxyl groups is 1. The number of nitrogens with zero attached hydrogens (tertiary/aromatic N) is 1. The molecule has 2 aromatic carbocycles. The number of non-ortho nitro benzene ring substituents is 1. The van der Waals surface area contributed by atoms with E-state index >= 15 is 0 Å². The lowest BCUT2D eigenvalue weighted by Gasteiger charge is -2.09. The Morgan fingerprint density at radius 3 is 2.38 bits per heavy atom. The molecule has 0 aliphatic rings. The first kappa shape index (κ1) is 14.5. The molecule has 0 aromatic heterocycles. The number of hydrogen-bond acceptors (Lipinski definition) is 5. The third kappa shape index (κ3) is 3.34. The molecule has 0 unspecified atom stereocenters. The summed E-state index contributed by atoms with van der Waals surface area (Å²) in [5.41, 5.74) is 0.0651. The third-order valence-corrected chi connectivity index (χ3v) is 2.74. The standard InChI is InChI=1S/C14H11NO6/c16-8-9-1-4-11(5-2-9)21-13-6-3-10(15(19)20)7-12(13)14(17)18/h1-7,16H,8H2,(H,17,18). The first-order chi connectivity index (χ1) is 10.0. The molecule has 7 nitrogen and oxygen atoms in total. The molecule has 0 aliphatic carbocycles. The molecule has 0 amide bonds. The molecular weight excluding hydrogens is 278 g/mol. The quantitative estimate of drug-likeness (QED) is 0.646. The summed E-state index contributed by atoms with van der Waals surface area (Å²) in [6.45, 7) is -0.113. The van der Waals surface area contributed by atoms with Crippen molar-refractivity contribution in [1.82, 2.24) is 0 Å². The van der Waals surface area contributed by atoms with Gasteiger partial charge in [0.05, 0.1) is 11.5 Å². The predicted octanol–water partition coefficient (Wildman–Crippen LogP) is 2.58. The smallest absolute Gasteiger partial charge is 0.339 e. The number of carboxylic acids is 1. The van der Waals surface area contributed by atoms with Gasteiger partial charge in [-0.25, -0.2) is 4.79 Å². The van der Waals surface area contributed by atoms with Crippen molar-refractivity contribution in [2.45, 2.75) is 6.61 Å². The molecule has 0 atom stereocenters. The van der Waals surface area contributed by atoms with Crippen LogP contribution in [0.1, 0.15) is 15.9 Å². The molecule has 108 valence electrons. The largest absolute Gasteiger partial charge is 0.478 e. The van der Waals surface area contributed by atoms with Gasteiger partial charge in [-0.2, -0.15) is 0 Å². The maximum absolute atomic E-state index is 11.2. The lowest BCUT2D eigenvalue weighted by molar-refractivity contribution is -0.384. The van der Waals surface area contributed by atoms with Crippen molar-refractivity contribution < 1.29 is 24.7 Å². The second-order valence-corrected chi connectivity index (χ2v) is 4.15. The van der Waals surface area contributed by atoms with Gasteiger partial charge in [-0.1, -0.05) is 12.1 Å². The van der Waals surface area contributed by atoms with Gasteiger partial charge in [0.15, 0.2) is 0 Å². The van der Waals surface area contributed by atoms with Gasteiger partial charge >= 0.3 is 5.97 Å². The molecule has 7 heteroatoms. The normalized spacial score (nSPS) is 10.1. The summed E-state index contributed by atoms with van der Waals surface area (Å²) >= 11 is 0. The average molecular weight is 289 g/mol. The second-order valence-electron chi connectivity index (χ2n) is 4.15. The fourth-order valence-corrected chi connectivity index (χ4v) is 1.68. The monoisotopic (exact) mass is 289 g/mol. The van der Waals surface area contributed by atoms with Gasteiger partial charge < -0.3 is 14.9 Å². The molecule has 2 aromatic rings. The van der Waals surface area contributed by atoms with E-state index in [2.05, 4.69) is 0 Å². The van der Waals surface area contributed by atoms with E-state index in [0.29, 0.717) is 11.3 Å². The Balaban J connectivity index is 2.34. The van der Waals surface area contributed by atoms with Crippen LogP contribution in [0.15, 0.2) is 42.5 Å². The molecule has 0 fully saturated rings. The Labute approximate surface area is 119 Å². The number of rotatable bonds is 5. The van der Waals surface area contributed by atoms with Gasteiger partial charge in [-0.05, 0) is 23.8 Å². The lowest BCUT2D eigenvalue weighted by atomic mass is 10.1. The van der Waals surface area contributed by atoms with Crippen LogP contribution >= 0.6 is 0 Å². The van der Waals surface area contributed by atoms with Gasteiger partial charge in [-0.3, -0.25) is 10.1 Å². The van der Waals surface area contributed by atoms with E-state index in [0.717, 1.165) is 6.07 Å². The number of benzene rings is 2. The van der Waals surface area contributed by atoms with Crippen molar-refractivity contribution in [3.8, 4) is 11.5 Å². The molecule has 21 heavy (non-hydrogen) atoms. The Morgan fingerprint density at radius 2 is 1.86 bits per heavy atom. The number of aliphatic hydroxyl groups excluding tert-OH is 1. The summed E-state index contributed by atoms with van der Waals surface area (Å²) in [6.07, 6.45) is 0. The zero-order valence-corrected chi connectivity index (χ0v) is 10.7. The SMILES string of the molecule is O=C(O)c1cc([N+](=O)[O-])ccc1Oc1ccc(CO)cc1. The fourth-order valence-electron chi connectivity index (χ4n) is 1.68. The summed E-state index contributed by atoms with van der Waals surface area (Å²) in [6, 6.07) is 9.74. The van der Waals surface area contributed by atoms with Crippen molar-refractivity contribution in [1.29, 1.82) is 0 Å². The molecule has 0 spiro atoms. The molecular formula is C14H11NO6. The van der Waals surface area contributed by atoms with Gasteiger partial charge in [0.25, 0.3) is 5.69 Å². The minimum Gasteiger partial charge on any atom is -0.478 e. The molecule has 0 saturated carbocycles. The van der Waals surface area contributed by atoms with Crippen molar-refractivity contribution in [3.05, 3.63) is 63.7 Å². The van der Waals surface area contributed by atoms with Gasteiger partial charge in [0.2, 0.25) is 0 Å². The fraction of sp³-hybridized carbons (Fsp3) is 0.0714. The van der Waals surface area contributed by atoms with Gasteiger partial charge in [0, 0.05) is 12.1 Å². The van der Waals surface area contributed by atoms with Crippen LogP contribution in [0.3, 0.4) is 0 Å². The summed E-state index contributed by atoms with van der Waals surface area (Å²) in [5, 5.41) is 28.7. The summed E-state index contributed by atoms with van der Waals surface area (Å²) in [5.74, 6) is -0.950. The first-order valence-corrected chi connectivity index (χ1v) is 5.90. The van der Waals surface area contributed by atoms with Crippen LogP contribution in [0.5, 0.6) is 11.5 Å². The Kier molecular flexibility index (Phi) is 4.15. The molecule has 0 saturated heterocycles. The predicted molar refractivity (Wildman–Crippen MR) is 72.5 cm³/mol. The molecule has 0 bridgehead atoms. The van der Waals surface area contributed by atoms with Crippen molar-refractivity contribution in [2.75, 3.05) is 0 Å². The average Bonchev–Trinajstić information content (AvgIpc) is 2.48. The highest BCUT2D eigenvalue weighted by Gasteiger charge is 2.17. The number of nitro groups is 1. The van der Waals surface area contributed by atoms with E-state index in [9.17, 15) is 14.9 Å². The van der Waals surface area contributed by atoms with E-state index in [4.69, 9.17) is 14.9 Å². The Morgan fingerprint density at radius 1 is 1.19 bits per heavy atom. The van der Waals surface area contributed by atoms with Crippen LogP contribution in [0.2, 0.25) is 0 Å². The van der Waals surface area contributed by atoms with E-state index in [1.54, 1.807) is 24.3 Å². The number of carbonyl (C=O) groups is 1. The van der Waals surface area contributed by atoms with E-state index in [1.165, 1.54) is 12.1 Å². The minimum atomic E-state index is -1.32. The zero-order valence-electron chi connectivity index (χ0n) is 10.7. The summed E-state index contributed by atoms with van der Waals surface area (Å²) in [4.78, 5) is 21.1. The Hall–Kier alpha value is -2.93. The van der Waals surface area contributed by atoms with Crippen LogP contribution in [-0.2, 0) is 6.61 Å². The molecule has 0 aliphatic heterocycles. The summed E-state index contributed by atoms with van der Waals surface area (Å²) in [7, 11) is 0. The lowest BCUT2D eigenvalue weighted by Crippen LogP contribution is -2.01. The number of ether oxygens (including phenoxy) is 1. The Bertz CT molecular complexity index is 680. The second kappa shape index (κ2) is 6.02. The van der Waals surface area contributed by atoms with Crippen LogP contribution in [0.4, 0.5) is 5.69 Å². The highest BCUT2D eigenvalue weighted by molar-refractivity contribution is 5.91. The summed E-state index contributed by atoms with van der Waals surface area (Å²) < 4.78 is 5.42. The minimum absolute atomic E-state index is 0.00449. The topological polar surface area (TPSA) is 110 Å². The van der Waals surface area contributed by atoms with E-state index < -0.39 is 10.9 Å². The van der Waals surface area contributed by atoms with Crippen LogP contribution < -0.4 is 4.74 Å². The molecule has 2 N–H and O–H groups in total. The maximum Gasteiger partial charge on any atom is 0.339 e. The van der Waals surface area contributed by atoms with Gasteiger partial charge in [0.1, 0.15) is 17.1 Å². The molecule has 0 radical (unpaired) electrons. The number of carboxylic acid groups (broad SMARTS) is 1.